The molecule has 0 aliphatic rings. The zero-order valence-electron chi connectivity index (χ0n) is 19.1. The van der Waals surface area contributed by atoms with Gasteiger partial charge in [0.2, 0.25) is 11.9 Å². The van der Waals surface area contributed by atoms with Crippen LogP contribution in [0.3, 0.4) is 0 Å². The number of rotatable bonds is 6. The van der Waals surface area contributed by atoms with Crippen LogP contribution in [0.1, 0.15) is 12.5 Å². The molecule has 4 N–H and O–H groups in total. The van der Waals surface area contributed by atoms with E-state index in [4.69, 9.17) is 37.5 Å². The van der Waals surface area contributed by atoms with Crippen molar-refractivity contribution in [1.29, 1.82) is 5.26 Å². The summed E-state index contributed by atoms with van der Waals surface area (Å²) in [7, 11) is 3.00. The fourth-order valence-corrected chi connectivity index (χ4v) is 3.94. The molecule has 0 radical (unpaired) electrons. The molecule has 0 aliphatic heterocycles. The van der Waals surface area contributed by atoms with E-state index < -0.39 is 5.56 Å². The molecule has 178 valence electrons. The Morgan fingerprint density at radius 1 is 1.11 bits per heavy atom. The van der Waals surface area contributed by atoms with Gasteiger partial charge in [-0.15, -0.1) is 0 Å². The van der Waals surface area contributed by atoms with Gasteiger partial charge < -0.3 is 20.9 Å². The van der Waals surface area contributed by atoms with E-state index in [1.807, 2.05) is 6.07 Å². The summed E-state index contributed by atoms with van der Waals surface area (Å²) in [4.78, 5) is 28.3. The normalized spacial score (nSPS) is 10.7. The first-order chi connectivity index (χ1) is 16.8. The number of ether oxygens (including phenoxy) is 2. The molecule has 0 saturated heterocycles. The molecule has 0 unspecified atom stereocenters. The van der Waals surface area contributed by atoms with Crippen LogP contribution in [-0.4, -0.2) is 40.3 Å². The van der Waals surface area contributed by atoms with Crippen LogP contribution in [0.5, 0.6) is 11.5 Å². The van der Waals surface area contributed by atoms with Gasteiger partial charge in [-0.1, -0.05) is 17.7 Å². The number of hydrogen-bond donors (Lipinski definition) is 2. The lowest BCUT2D eigenvalue weighted by Gasteiger charge is -2.26. The summed E-state index contributed by atoms with van der Waals surface area (Å²) >= 11 is 6.40. The third kappa shape index (κ3) is 4.11. The summed E-state index contributed by atoms with van der Waals surface area (Å²) in [6, 6.07) is 12.0. The molecule has 2 aromatic heterocycles. The molecule has 11 nitrogen and oxygen atoms in total. The number of nitrogen functional groups attached to an aromatic ring is 2. The van der Waals surface area contributed by atoms with E-state index >= 15 is 0 Å². The first kappa shape index (κ1) is 23.6. The Morgan fingerprint density at radius 3 is 2.40 bits per heavy atom. The highest BCUT2D eigenvalue weighted by Crippen LogP contribution is 2.33. The van der Waals surface area contributed by atoms with Gasteiger partial charge in [0.25, 0.3) is 5.56 Å². The van der Waals surface area contributed by atoms with E-state index in [0.717, 1.165) is 0 Å². The van der Waals surface area contributed by atoms with Crippen molar-refractivity contribution in [3.63, 3.8) is 0 Å². The van der Waals surface area contributed by atoms with Crippen molar-refractivity contribution in [2.45, 2.75) is 6.92 Å². The summed E-state index contributed by atoms with van der Waals surface area (Å²) in [5.74, 6) is 0.943. The van der Waals surface area contributed by atoms with Gasteiger partial charge in [-0.25, -0.2) is 9.55 Å². The molecule has 0 aliphatic carbocycles. The van der Waals surface area contributed by atoms with Crippen LogP contribution in [-0.2, 0) is 0 Å². The lowest BCUT2D eigenvalue weighted by molar-refractivity contribution is 0.394. The van der Waals surface area contributed by atoms with Crippen molar-refractivity contribution in [2.24, 2.45) is 0 Å². The maximum absolute atomic E-state index is 13.9. The summed E-state index contributed by atoms with van der Waals surface area (Å²) < 4.78 is 12.1. The number of aromatic nitrogens is 4. The fraction of sp³-hybridized carbons (Fsp3) is 0.174. The maximum Gasteiger partial charge on any atom is 0.268 e. The summed E-state index contributed by atoms with van der Waals surface area (Å²) in [6.45, 7) is 2.06. The van der Waals surface area contributed by atoms with Crippen LogP contribution in [0, 0.1) is 11.3 Å². The number of nitrogens with zero attached hydrogens (tertiary/aromatic N) is 6. The number of anilines is 4. The van der Waals surface area contributed by atoms with Crippen molar-refractivity contribution < 1.29 is 9.47 Å². The first-order valence-electron chi connectivity index (χ1n) is 10.4. The van der Waals surface area contributed by atoms with Crippen molar-refractivity contribution in [3.05, 3.63) is 57.3 Å². The minimum atomic E-state index is -0.446. The minimum absolute atomic E-state index is 0.00346. The predicted octanol–water partition coefficient (Wildman–Crippen LogP) is 3.04. The van der Waals surface area contributed by atoms with Crippen molar-refractivity contribution >= 4 is 46.0 Å². The van der Waals surface area contributed by atoms with Crippen LogP contribution < -0.4 is 31.4 Å². The third-order valence-electron chi connectivity index (χ3n) is 5.28. The number of hydrogen-bond acceptors (Lipinski definition) is 10. The van der Waals surface area contributed by atoms with Gasteiger partial charge in [0, 0.05) is 24.7 Å². The molecular formula is C23H21ClN8O3. The monoisotopic (exact) mass is 492 g/mol. The summed E-state index contributed by atoms with van der Waals surface area (Å²) in [6.07, 6.45) is 0. The van der Waals surface area contributed by atoms with E-state index in [9.17, 15) is 10.1 Å². The van der Waals surface area contributed by atoms with Crippen molar-refractivity contribution in [2.75, 3.05) is 37.1 Å². The lowest BCUT2D eigenvalue weighted by atomic mass is 10.2. The quantitative estimate of drug-likeness (QED) is 0.409. The third-order valence-corrected chi connectivity index (χ3v) is 5.60. The smallest absolute Gasteiger partial charge is 0.268 e. The standard InChI is InChI=1S/C23H21ClN8O3/c1-4-31(20-15(11-25)19(26)29-22(27)30-20)23-28-17-7-5-6-16(24)18(17)21(33)32(23)12-8-13(34-2)10-14(9-12)35-3/h5-10H,4H2,1-3H3,(H4,26,27,29,30). The van der Waals surface area contributed by atoms with Gasteiger partial charge in [0.05, 0.1) is 35.8 Å². The van der Waals surface area contributed by atoms with E-state index in [1.54, 1.807) is 48.2 Å². The number of benzene rings is 2. The molecule has 0 bridgehead atoms. The maximum atomic E-state index is 13.9. The van der Waals surface area contributed by atoms with Crippen LogP contribution in [0.25, 0.3) is 16.6 Å². The predicted molar refractivity (Wildman–Crippen MR) is 134 cm³/mol. The molecule has 0 amide bonds. The van der Waals surface area contributed by atoms with Gasteiger partial charge in [0.1, 0.15) is 28.9 Å². The Bertz CT molecular complexity index is 1520. The van der Waals surface area contributed by atoms with Gasteiger partial charge in [-0.2, -0.15) is 15.2 Å². The molecular weight excluding hydrogens is 472 g/mol. The van der Waals surface area contributed by atoms with Gasteiger partial charge in [0.15, 0.2) is 5.82 Å². The number of methoxy groups -OCH3 is 2. The Hall–Kier alpha value is -4.56. The highest BCUT2D eigenvalue weighted by Gasteiger charge is 2.25. The molecule has 4 aromatic rings. The molecule has 0 saturated carbocycles. The number of fused-ring (bicyclic) bond motifs is 1. The topological polar surface area (TPSA) is 158 Å². The zero-order valence-corrected chi connectivity index (χ0v) is 19.9. The minimum Gasteiger partial charge on any atom is -0.497 e. The highest BCUT2D eigenvalue weighted by molar-refractivity contribution is 6.35. The average Bonchev–Trinajstić information content (AvgIpc) is 2.84. The van der Waals surface area contributed by atoms with E-state index in [0.29, 0.717) is 22.7 Å². The number of nitrogens with two attached hydrogens (primary N) is 2. The van der Waals surface area contributed by atoms with E-state index in [-0.39, 0.29) is 46.0 Å². The largest absolute Gasteiger partial charge is 0.497 e. The second kappa shape index (κ2) is 9.36. The average molecular weight is 493 g/mol. The highest BCUT2D eigenvalue weighted by atomic mass is 35.5. The van der Waals surface area contributed by atoms with E-state index in [2.05, 4.69) is 9.97 Å². The molecule has 12 heteroatoms. The second-order valence-corrected chi connectivity index (χ2v) is 7.69. The molecule has 35 heavy (non-hydrogen) atoms. The lowest BCUT2D eigenvalue weighted by Crippen LogP contribution is -2.31. The molecule has 0 spiro atoms. The molecule has 2 aromatic carbocycles. The Labute approximate surface area is 205 Å². The van der Waals surface area contributed by atoms with Gasteiger partial charge in [-0.3, -0.25) is 9.69 Å². The SMILES string of the molecule is CCN(c1nc(N)nc(N)c1C#N)c1nc2cccc(Cl)c2c(=O)n1-c1cc(OC)cc(OC)c1. The zero-order chi connectivity index (χ0) is 25.3. The van der Waals surface area contributed by atoms with Crippen LogP contribution in [0.2, 0.25) is 5.02 Å². The Kier molecular flexibility index (Phi) is 6.31. The van der Waals surface area contributed by atoms with Gasteiger partial charge >= 0.3 is 0 Å². The van der Waals surface area contributed by atoms with Crippen LogP contribution >= 0.6 is 11.6 Å². The number of nitriles is 1. The van der Waals surface area contributed by atoms with Gasteiger partial charge in [-0.05, 0) is 19.1 Å². The summed E-state index contributed by atoms with van der Waals surface area (Å²) in [5.41, 5.74) is 12.1. The fourth-order valence-electron chi connectivity index (χ4n) is 3.69. The second-order valence-electron chi connectivity index (χ2n) is 7.28. The number of halogens is 1. The molecule has 2 heterocycles. The van der Waals surface area contributed by atoms with Crippen molar-refractivity contribution in [1.82, 2.24) is 19.5 Å². The summed E-state index contributed by atoms with van der Waals surface area (Å²) in [5, 5.41) is 10.2. The van der Waals surface area contributed by atoms with Crippen molar-refractivity contribution in [3.8, 4) is 23.3 Å². The van der Waals surface area contributed by atoms with E-state index in [1.165, 1.54) is 18.8 Å². The Morgan fingerprint density at radius 2 is 1.80 bits per heavy atom. The Balaban J connectivity index is 2.15. The molecule has 4 rings (SSSR count). The molecule has 0 atom stereocenters. The molecule has 0 fully saturated rings. The first-order valence-corrected chi connectivity index (χ1v) is 10.8. The van der Waals surface area contributed by atoms with Crippen LogP contribution in [0.4, 0.5) is 23.5 Å². The van der Waals surface area contributed by atoms with Crippen LogP contribution in [0.15, 0.2) is 41.2 Å².